The summed E-state index contributed by atoms with van der Waals surface area (Å²) in [7, 11) is -4.08. The SMILES string of the molecule is CS(=O)(=O)N(CCC(=O)Nc1ccc(F)c(F)c1)c1c(F)cccc1F. The second-order valence-corrected chi connectivity index (χ2v) is 7.24. The number of halogens is 4. The zero-order valence-electron chi connectivity index (χ0n) is 13.5. The molecule has 0 saturated heterocycles. The summed E-state index contributed by atoms with van der Waals surface area (Å²) in [6, 6.07) is 5.52. The van der Waals surface area contributed by atoms with Crippen molar-refractivity contribution in [1.29, 1.82) is 0 Å². The molecule has 140 valence electrons. The fourth-order valence-electron chi connectivity index (χ4n) is 2.17. The van der Waals surface area contributed by atoms with Crippen molar-refractivity contribution in [2.24, 2.45) is 0 Å². The Kier molecular flexibility index (Phi) is 5.86. The summed E-state index contributed by atoms with van der Waals surface area (Å²) in [6.45, 7) is -0.549. The molecule has 1 N–H and O–H groups in total. The summed E-state index contributed by atoms with van der Waals surface area (Å²) in [5.74, 6) is -5.22. The van der Waals surface area contributed by atoms with E-state index in [0.29, 0.717) is 4.31 Å². The van der Waals surface area contributed by atoms with Crippen molar-refractivity contribution in [3.8, 4) is 0 Å². The van der Waals surface area contributed by atoms with Gasteiger partial charge in [0.25, 0.3) is 0 Å². The minimum Gasteiger partial charge on any atom is -0.326 e. The zero-order valence-corrected chi connectivity index (χ0v) is 14.3. The Hall–Kier alpha value is -2.62. The maximum Gasteiger partial charge on any atom is 0.232 e. The van der Waals surface area contributed by atoms with Gasteiger partial charge in [0.1, 0.15) is 5.69 Å². The van der Waals surface area contributed by atoms with Gasteiger partial charge in [0, 0.05) is 24.7 Å². The number of anilines is 2. The van der Waals surface area contributed by atoms with Gasteiger partial charge in [-0.2, -0.15) is 0 Å². The van der Waals surface area contributed by atoms with Crippen LogP contribution in [-0.2, 0) is 14.8 Å². The van der Waals surface area contributed by atoms with Crippen molar-refractivity contribution in [3.05, 3.63) is 59.7 Å². The van der Waals surface area contributed by atoms with Crippen molar-refractivity contribution in [2.45, 2.75) is 6.42 Å². The molecule has 0 unspecified atom stereocenters. The minimum atomic E-state index is -4.08. The molecule has 0 atom stereocenters. The van der Waals surface area contributed by atoms with Gasteiger partial charge in [0.2, 0.25) is 15.9 Å². The van der Waals surface area contributed by atoms with Crippen molar-refractivity contribution in [3.63, 3.8) is 0 Å². The maximum atomic E-state index is 13.9. The third kappa shape index (κ3) is 4.72. The lowest BCUT2D eigenvalue weighted by Crippen LogP contribution is -2.34. The van der Waals surface area contributed by atoms with E-state index in [1.54, 1.807) is 0 Å². The molecule has 0 heterocycles. The van der Waals surface area contributed by atoms with Crippen LogP contribution < -0.4 is 9.62 Å². The molecule has 2 aromatic rings. The maximum absolute atomic E-state index is 13.9. The molecule has 0 bridgehead atoms. The van der Waals surface area contributed by atoms with Gasteiger partial charge >= 0.3 is 0 Å². The lowest BCUT2D eigenvalue weighted by molar-refractivity contribution is -0.116. The number of carbonyl (C=O) groups excluding carboxylic acids is 1. The van der Waals surface area contributed by atoms with E-state index in [2.05, 4.69) is 5.32 Å². The first-order chi connectivity index (χ1) is 12.1. The highest BCUT2D eigenvalue weighted by Gasteiger charge is 2.25. The highest BCUT2D eigenvalue weighted by atomic mass is 32.2. The van der Waals surface area contributed by atoms with E-state index in [1.165, 1.54) is 0 Å². The first-order valence-corrected chi connectivity index (χ1v) is 9.11. The predicted octanol–water partition coefficient (Wildman–Crippen LogP) is 3.04. The molecule has 26 heavy (non-hydrogen) atoms. The van der Waals surface area contributed by atoms with Crippen LogP contribution in [0, 0.1) is 23.3 Å². The van der Waals surface area contributed by atoms with Crippen LogP contribution >= 0.6 is 0 Å². The number of sulfonamides is 1. The second kappa shape index (κ2) is 7.73. The van der Waals surface area contributed by atoms with E-state index < -0.39 is 57.9 Å². The van der Waals surface area contributed by atoms with E-state index >= 15 is 0 Å². The number of para-hydroxylation sites is 1. The Labute approximate surface area is 147 Å². The van der Waals surface area contributed by atoms with Crippen LogP contribution in [0.3, 0.4) is 0 Å². The second-order valence-electron chi connectivity index (χ2n) is 5.33. The Morgan fingerprint density at radius 3 is 2.15 bits per heavy atom. The molecule has 0 fully saturated rings. The van der Waals surface area contributed by atoms with Crippen LogP contribution in [-0.4, -0.2) is 27.1 Å². The summed E-state index contributed by atoms with van der Waals surface area (Å²) in [4.78, 5) is 11.9. The molecule has 0 spiro atoms. The van der Waals surface area contributed by atoms with Crippen molar-refractivity contribution in [1.82, 2.24) is 0 Å². The Balaban J connectivity index is 2.15. The number of hydrogen-bond acceptors (Lipinski definition) is 3. The summed E-state index contributed by atoms with van der Waals surface area (Å²) in [5, 5.41) is 2.24. The molecule has 0 aliphatic heterocycles. The van der Waals surface area contributed by atoms with E-state index in [1.807, 2.05) is 0 Å². The molecule has 1 amide bonds. The van der Waals surface area contributed by atoms with Gasteiger partial charge in [-0.25, -0.2) is 26.0 Å². The van der Waals surface area contributed by atoms with Crippen LogP contribution in [0.4, 0.5) is 28.9 Å². The fourth-order valence-corrected chi connectivity index (χ4v) is 3.10. The predicted molar refractivity (Wildman–Crippen MR) is 88.2 cm³/mol. The number of nitrogens with one attached hydrogen (secondary N) is 1. The van der Waals surface area contributed by atoms with Crippen LogP contribution in [0.15, 0.2) is 36.4 Å². The molecule has 5 nitrogen and oxygen atoms in total. The molecule has 0 saturated carbocycles. The van der Waals surface area contributed by atoms with Gasteiger partial charge < -0.3 is 5.32 Å². The lowest BCUT2D eigenvalue weighted by Gasteiger charge is -2.23. The normalized spacial score (nSPS) is 11.3. The number of hydrogen-bond donors (Lipinski definition) is 1. The third-order valence-corrected chi connectivity index (χ3v) is 4.50. The average molecular weight is 390 g/mol. The average Bonchev–Trinajstić information content (AvgIpc) is 2.52. The smallest absolute Gasteiger partial charge is 0.232 e. The van der Waals surface area contributed by atoms with Gasteiger partial charge in [-0.15, -0.1) is 0 Å². The monoisotopic (exact) mass is 390 g/mol. The Morgan fingerprint density at radius 1 is 1.00 bits per heavy atom. The molecular weight excluding hydrogens is 376 g/mol. The van der Waals surface area contributed by atoms with Crippen LogP contribution in [0.25, 0.3) is 0 Å². The Bertz CT molecular complexity index is 915. The van der Waals surface area contributed by atoms with E-state index in [4.69, 9.17) is 0 Å². The van der Waals surface area contributed by atoms with Crippen molar-refractivity contribution >= 4 is 27.3 Å². The van der Waals surface area contributed by atoms with Crippen LogP contribution in [0.5, 0.6) is 0 Å². The standard InChI is InChI=1S/C16H14F4N2O3S/c1-26(24,25)22(16-12(18)3-2-4-13(16)19)8-7-15(23)21-10-5-6-11(17)14(20)9-10/h2-6,9H,7-8H2,1H3,(H,21,23). The number of amides is 1. The van der Waals surface area contributed by atoms with E-state index in [-0.39, 0.29) is 5.69 Å². The van der Waals surface area contributed by atoms with Crippen LogP contribution in [0.1, 0.15) is 6.42 Å². The number of rotatable bonds is 6. The molecule has 0 aliphatic carbocycles. The number of benzene rings is 2. The molecule has 2 aromatic carbocycles. The van der Waals surface area contributed by atoms with Gasteiger partial charge in [-0.05, 0) is 24.3 Å². The largest absolute Gasteiger partial charge is 0.326 e. The Morgan fingerprint density at radius 2 is 1.62 bits per heavy atom. The molecular formula is C16H14F4N2O3S. The van der Waals surface area contributed by atoms with Crippen LogP contribution in [0.2, 0.25) is 0 Å². The fraction of sp³-hybridized carbons (Fsp3) is 0.188. The summed E-state index contributed by atoms with van der Waals surface area (Å²) < 4.78 is 77.8. The summed E-state index contributed by atoms with van der Waals surface area (Å²) in [5.41, 5.74) is -0.840. The first kappa shape index (κ1) is 19.7. The highest BCUT2D eigenvalue weighted by molar-refractivity contribution is 7.92. The summed E-state index contributed by atoms with van der Waals surface area (Å²) in [6.07, 6.45) is 0.270. The molecule has 0 aromatic heterocycles. The minimum absolute atomic E-state index is 0.0446. The zero-order chi connectivity index (χ0) is 19.5. The molecule has 0 radical (unpaired) electrons. The van der Waals surface area contributed by atoms with Crippen molar-refractivity contribution in [2.75, 3.05) is 22.4 Å². The van der Waals surface area contributed by atoms with E-state index in [9.17, 15) is 30.8 Å². The number of nitrogens with zero attached hydrogens (tertiary/aromatic N) is 1. The highest BCUT2D eigenvalue weighted by Crippen LogP contribution is 2.25. The molecule has 0 aliphatic rings. The van der Waals surface area contributed by atoms with Gasteiger partial charge in [-0.1, -0.05) is 6.07 Å². The first-order valence-electron chi connectivity index (χ1n) is 7.26. The summed E-state index contributed by atoms with van der Waals surface area (Å²) >= 11 is 0. The van der Waals surface area contributed by atoms with Gasteiger partial charge in [0.05, 0.1) is 6.26 Å². The topological polar surface area (TPSA) is 66.5 Å². The molecule has 10 heteroatoms. The number of carbonyl (C=O) groups is 1. The molecule has 2 rings (SSSR count). The van der Waals surface area contributed by atoms with Gasteiger partial charge in [0.15, 0.2) is 23.3 Å². The lowest BCUT2D eigenvalue weighted by atomic mass is 10.2. The van der Waals surface area contributed by atoms with Gasteiger partial charge in [-0.3, -0.25) is 9.10 Å². The third-order valence-electron chi connectivity index (χ3n) is 3.33. The van der Waals surface area contributed by atoms with E-state index in [0.717, 1.165) is 42.7 Å². The quantitative estimate of drug-likeness (QED) is 0.771. The van der Waals surface area contributed by atoms with Crippen molar-refractivity contribution < 1.29 is 30.8 Å².